The van der Waals surface area contributed by atoms with E-state index in [2.05, 4.69) is 24.9 Å². The van der Waals surface area contributed by atoms with Crippen LogP contribution in [0.15, 0.2) is 52.9 Å². The van der Waals surface area contributed by atoms with Gasteiger partial charge in [-0.15, -0.1) is 11.3 Å². The predicted octanol–water partition coefficient (Wildman–Crippen LogP) is 5.93. The third kappa shape index (κ3) is 5.56. The average molecular weight is 679 g/mol. The van der Waals surface area contributed by atoms with Gasteiger partial charge in [-0.1, -0.05) is 11.9 Å². The topological polar surface area (TPSA) is 107 Å². The van der Waals surface area contributed by atoms with E-state index in [0.29, 0.717) is 29.3 Å². The van der Waals surface area contributed by atoms with E-state index in [4.69, 9.17) is 4.74 Å². The van der Waals surface area contributed by atoms with E-state index in [1.54, 1.807) is 33.5 Å². The molecule has 47 heavy (non-hydrogen) atoms. The number of aromatic nitrogens is 3. The van der Waals surface area contributed by atoms with Crippen LogP contribution in [0.2, 0.25) is 0 Å². The van der Waals surface area contributed by atoms with Crippen LogP contribution in [0.1, 0.15) is 24.1 Å². The monoisotopic (exact) mass is 678 g/mol. The number of thiazole rings is 1. The van der Waals surface area contributed by atoms with Gasteiger partial charge < -0.3 is 29.5 Å². The lowest BCUT2D eigenvalue weighted by Crippen LogP contribution is -2.51. The maximum atomic E-state index is 15.0. The van der Waals surface area contributed by atoms with Crippen LogP contribution in [-0.2, 0) is 13.1 Å². The lowest BCUT2D eigenvalue weighted by Gasteiger charge is -2.40. The largest absolute Gasteiger partial charge is 0.481 e. The van der Waals surface area contributed by atoms with Crippen molar-refractivity contribution in [3.05, 3.63) is 81.2 Å². The number of urea groups is 1. The molecule has 1 unspecified atom stereocenters. The minimum absolute atomic E-state index is 0.000860. The SMILES string of the molecule is COc1cc(CN(C(=O)Nc2c(=O)c3cc(F)c(F)c4c3n3c(csc23)CN4C)C2CCCN(c3ccc(NSC)nc3)C2)ccn1. The molecule has 0 radical (unpaired) electrons. The summed E-state index contributed by atoms with van der Waals surface area (Å²) in [6, 6.07) is 7.74. The number of benzene rings is 1. The molecule has 4 aromatic heterocycles. The zero-order chi connectivity index (χ0) is 32.8. The van der Waals surface area contributed by atoms with Crippen molar-refractivity contribution in [3.8, 4) is 5.88 Å². The highest BCUT2D eigenvalue weighted by Crippen LogP contribution is 2.39. The number of piperidine rings is 1. The average Bonchev–Trinajstić information content (AvgIpc) is 3.51. The van der Waals surface area contributed by atoms with Gasteiger partial charge in [0.15, 0.2) is 11.6 Å². The van der Waals surface area contributed by atoms with Gasteiger partial charge in [-0.2, -0.15) is 0 Å². The van der Waals surface area contributed by atoms with Crippen molar-refractivity contribution < 1.29 is 18.3 Å². The molecule has 2 N–H and O–H groups in total. The van der Waals surface area contributed by atoms with Gasteiger partial charge in [0.05, 0.1) is 48.2 Å². The number of hydrogen-bond donors (Lipinski definition) is 2. The summed E-state index contributed by atoms with van der Waals surface area (Å²) in [5, 5.41) is 4.79. The number of nitrogens with one attached hydrogen (secondary N) is 2. The Morgan fingerprint density at radius 2 is 2.09 bits per heavy atom. The smallest absolute Gasteiger partial charge is 0.322 e. The van der Waals surface area contributed by atoms with Crippen LogP contribution in [0.25, 0.3) is 15.7 Å². The summed E-state index contributed by atoms with van der Waals surface area (Å²) in [6.07, 6.45) is 6.94. The maximum absolute atomic E-state index is 15.0. The van der Waals surface area contributed by atoms with Crippen molar-refractivity contribution in [2.75, 3.05) is 53.3 Å². The first-order valence-electron chi connectivity index (χ1n) is 15.0. The molecule has 15 heteroatoms. The molecule has 1 atom stereocenters. The molecule has 244 valence electrons. The van der Waals surface area contributed by atoms with Gasteiger partial charge in [0.25, 0.3) is 0 Å². The van der Waals surface area contributed by atoms with Crippen LogP contribution < -0.4 is 30.0 Å². The molecule has 2 aliphatic rings. The quantitative estimate of drug-likeness (QED) is 0.193. The number of rotatable bonds is 8. The Labute approximate surface area is 277 Å². The molecule has 1 saturated heterocycles. The number of anilines is 4. The van der Waals surface area contributed by atoms with Crippen LogP contribution in [-0.4, -0.2) is 64.8 Å². The van der Waals surface area contributed by atoms with E-state index in [1.165, 1.54) is 30.4 Å². The second kappa shape index (κ2) is 12.5. The normalized spacial score (nSPS) is 15.8. The summed E-state index contributed by atoms with van der Waals surface area (Å²) in [5.41, 5.74) is 2.34. The van der Waals surface area contributed by atoms with Crippen molar-refractivity contribution in [2.24, 2.45) is 0 Å². The Balaban J connectivity index is 1.26. The number of hydrogen-bond acceptors (Lipinski definition) is 10. The highest BCUT2D eigenvalue weighted by atomic mass is 32.2. The fourth-order valence-corrected chi connectivity index (χ4v) is 7.82. The number of ether oxygens (including phenoxy) is 1. The fourth-order valence-electron chi connectivity index (χ4n) is 6.48. The van der Waals surface area contributed by atoms with Gasteiger partial charge in [-0.3, -0.25) is 9.20 Å². The highest BCUT2D eigenvalue weighted by molar-refractivity contribution is 7.99. The number of nitrogens with zero attached hydrogens (tertiary/aromatic N) is 6. The molecule has 6 heterocycles. The van der Waals surface area contributed by atoms with Gasteiger partial charge in [0, 0.05) is 50.6 Å². The fraction of sp³-hybridized carbons (Fsp3) is 0.312. The third-order valence-corrected chi connectivity index (χ3v) is 10.1. The summed E-state index contributed by atoms with van der Waals surface area (Å²) >= 11 is 2.75. The lowest BCUT2D eigenvalue weighted by atomic mass is 10.0. The van der Waals surface area contributed by atoms with Crippen LogP contribution >= 0.6 is 23.3 Å². The number of pyridine rings is 3. The van der Waals surface area contributed by atoms with Crippen molar-refractivity contribution >= 4 is 67.9 Å². The van der Waals surface area contributed by atoms with Crippen LogP contribution in [0, 0.1) is 11.6 Å². The zero-order valence-corrected chi connectivity index (χ0v) is 27.6. The molecule has 1 aromatic carbocycles. The number of carbonyl (C=O) groups is 1. The second-order valence-electron chi connectivity index (χ2n) is 11.6. The molecule has 0 spiro atoms. The Hall–Kier alpha value is -4.63. The van der Waals surface area contributed by atoms with Gasteiger partial charge in [-0.05, 0) is 42.7 Å². The maximum Gasteiger partial charge on any atom is 0.322 e. The van der Waals surface area contributed by atoms with E-state index < -0.39 is 23.1 Å². The van der Waals surface area contributed by atoms with Gasteiger partial charge in [0.2, 0.25) is 11.3 Å². The lowest BCUT2D eigenvalue weighted by molar-refractivity contribution is 0.174. The highest BCUT2D eigenvalue weighted by Gasteiger charge is 2.33. The predicted molar refractivity (Wildman–Crippen MR) is 183 cm³/mol. The molecule has 7 rings (SSSR count). The summed E-state index contributed by atoms with van der Waals surface area (Å²) in [7, 11) is 3.19. The summed E-state index contributed by atoms with van der Waals surface area (Å²) in [5.74, 6) is -0.945. The van der Waals surface area contributed by atoms with Crippen LogP contribution in [0.4, 0.5) is 36.5 Å². The first-order valence-corrected chi connectivity index (χ1v) is 17.1. The standard InChI is InChI=1S/C32H32F2N8O3S2/c1-39-15-21-17-47-31-27(30(43)22-12-23(33)26(34)29(39)28(22)42(21)31)37-32(44)41(14-18-8-9-35-25(11-18)45-2)20-5-4-10-40(16-20)19-6-7-24(36-13-19)38-46-3/h6-9,11-13,17,20H,4-5,10,14-16H2,1-3H3,(H,36,38)(H,37,44). The Kier molecular flexibility index (Phi) is 8.26. The van der Waals surface area contributed by atoms with Crippen molar-refractivity contribution in [1.29, 1.82) is 0 Å². The molecular weight excluding hydrogens is 647 g/mol. The van der Waals surface area contributed by atoms with Crippen molar-refractivity contribution in [3.63, 3.8) is 0 Å². The minimum atomic E-state index is -1.12. The van der Waals surface area contributed by atoms with Gasteiger partial charge in [0.1, 0.15) is 22.0 Å². The Morgan fingerprint density at radius 1 is 1.23 bits per heavy atom. The summed E-state index contributed by atoms with van der Waals surface area (Å²) in [4.78, 5) is 43.1. The molecule has 2 amide bonds. The number of methoxy groups -OCH3 is 1. The number of halogens is 2. The Morgan fingerprint density at radius 3 is 2.85 bits per heavy atom. The van der Waals surface area contributed by atoms with Crippen molar-refractivity contribution in [1.82, 2.24) is 19.3 Å². The van der Waals surface area contributed by atoms with Gasteiger partial charge >= 0.3 is 6.03 Å². The van der Waals surface area contributed by atoms with Gasteiger partial charge in [-0.25, -0.2) is 23.5 Å². The van der Waals surface area contributed by atoms with E-state index in [1.807, 2.05) is 36.0 Å². The molecule has 0 aliphatic carbocycles. The Bertz CT molecular complexity index is 2060. The van der Waals surface area contributed by atoms with Crippen LogP contribution in [0.5, 0.6) is 5.88 Å². The summed E-state index contributed by atoms with van der Waals surface area (Å²) in [6.45, 7) is 1.88. The third-order valence-electron chi connectivity index (χ3n) is 8.67. The molecule has 1 fully saturated rings. The molecule has 0 saturated carbocycles. The van der Waals surface area contributed by atoms with E-state index in [-0.39, 0.29) is 29.3 Å². The zero-order valence-electron chi connectivity index (χ0n) is 25.9. The molecular formula is C32H32F2N8O3S2. The minimum Gasteiger partial charge on any atom is -0.481 e. The second-order valence-corrected chi connectivity index (χ2v) is 13.0. The van der Waals surface area contributed by atoms with E-state index in [9.17, 15) is 14.0 Å². The number of amides is 2. The van der Waals surface area contributed by atoms with E-state index in [0.717, 1.165) is 48.2 Å². The molecule has 11 nitrogen and oxygen atoms in total. The first kappa shape index (κ1) is 31.0. The molecule has 0 bridgehead atoms. The number of carbonyl (C=O) groups excluding carboxylic acids is 1. The first-order chi connectivity index (χ1) is 22.8. The molecule has 5 aromatic rings. The molecule has 2 aliphatic heterocycles. The van der Waals surface area contributed by atoms with E-state index >= 15 is 4.39 Å². The van der Waals surface area contributed by atoms with Crippen LogP contribution in [0.3, 0.4) is 0 Å². The van der Waals surface area contributed by atoms with Crippen molar-refractivity contribution in [2.45, 2.75) is 32.0 Å². The summed E-state index contributed by atoms with van der Waals surface area (Å²) < 4.78 is 40.1.